The number of amides is 1. The molecule has 1 aliphatic carbocycles. The van der Waals surface area contributed by atoms with Crippen LogP contribution in [0.2, 0.25) is 0 Å². The van der Waals surface area contributed by atoms with Crippen LogP contribution in [0, 0.1) is 5.82 Å². The third-order valence-electron chi connectivity index (χ3n) is 4.16. The number of hydrogen-bond donors (Lipinski definition) is 2. The molecule has 1 fully saturated rings. The molecule has 126 valence electrons. The van der Waals surface area contributed by atoms with E-state index < -0.39 is 15.4 Å². The van der Waals surface area contributed by atoms with Crippen molar-refractivity contribution in [2.24, 2.45) is 5.14 Å². The molecule has 0 aromatic heterocycles. The van der Waals surface area contributed by atoms with Crippen molar-refractivity contribution in [3.63, 3.8) is 0 Å². The van der Waals surface area contributed by atoms with Gasteiger partial charge in [-0.2, -0.15) is 0 Å². The fraction of sp³-hybridized carbons (Fsp3) is 0.235. The van der Waals surface area contributed by atoms with Crippen molar-refractivity contribution < 1.29 is 17.6 Å². The van der Waals surface area contributed by atoms with Crippen molar-refractivity contribution in [1.29, 1.82) is 0 Å². The summed E-state index contributed by atoms with van der Waals surface area (Å²) in [6.07, 6.45) is 1.43. The van der Waals surface area contributed by atoms with Crippen molar-refractivity contribution in [2.45, 2.75) is 24.0 Å². The number of sulfonamides is 1. The highest BCUT2D eigenvalue weighted by Crippen LogP contribution is 2.49. The summed E-state index contributed by atoms with van der Waals surface area (Å²) in [7, 11) is -3.58. The maximum Gasteiger partial charge on any atom is 0.235 e. The Labute approximate surface area is 139 Å². The number of benzene rings is 2. The Morgan fingerprint density at radius 2 is 1.67 bits per heavy atom. The zero-order chi connectivity index (χ0) is 17.4. The van der Waals surface area contributed by atoms with E-state index in [1.807, 2.05) is 0 Å². The van der Waals surface area contributed by atoms with E-state index in [0.29, 0.717) is 24.1 Å². The van der Waals surface area contributed by atoms with Crippen LogP contribution in [-0.2, 0) is 26.0 Å². The topological polar surface area (TPSA) is 89.3 Å². The highest BCUT2D eigenvalue weighted by atomic mass is 32.2. The minimum Gasteiger partial charge on any atom is -0.325 e. The number of halogens is 1. The minimum atomic E-state index is -3.58. The lowest BCUT2D eigenvalue weighted by atomic mass is 9.95. The van der Waals surface area contributed by atoms with Crippen LogP contribution in [0.1, 0.15) is 24.0 Å². The summed E-state index contributed by atoms with van der Waals surface area (Å²) < 4.78 is 35.2. The van der Waals surface area contributed by atoms with E-state index in [0.717, 1.165) is 5.56 Å². The highest BCUT2D eigenvalue weighted by Gasteiger charge is 2.51. The zero-order valence-corrected chi connectivity index (χ0v) is 13.6. The summed E-state index contributed by atoms with van der Waals surface area (Å²) >= 11 is 0. The molecule has 0 spiro atoms. The Morgan fingerprint density at radius 1 is 1.08 bits per heavy atom. The molecule has 0 aliphatic heterocycles. The predicted octanol–water partition coefficient (Wildman–Crippen LogP) is 2.28. The summed E-state index contributed by atoms with van der Waals surface area (Å²) in [5.74, 6) is -0.727. The second-order valence-electron chi connectivity index (χ2n) is 6.05. The van der Waals surface area contributed by atoms with Gasteiger partial charge >= 0.3 is 0 Å². The Kier molecular flexibility index (Phi) is 4.15. The first-order chi connectivity index (χ1) is 11.3. The van der Waals surface area contributed by atoms with E-state index in [9.17, 15) is 17.6 Å². The van der Waals surface area contributed by atoms with Gasteiger partial charge in [0.05, 0.1) is 11.2 Å². The molecular formula is C17H17FN2O3S. The Bertz CT molecular complexity index is 858. The number of nitrogens with two attached hydrogens (primary N) is 1. The highest BCUT2D eigenvalue weighted by molar-refractivity contribution is 7.88. The van der Waals surface area contributed by atoms with E-state index in [-0.39, 0.29) is 17.5 Å². The van der Waals surface area contributed by atoms with Crippen LogP contribution in [0.4, 0.5) is 10.1 Å². The van der Waals surface area contributed by atoms with Gasteiger partial charge in [-0.1, -0.05) is 24.3 Å². The van der Waals surface area contributed by atoms with Gasteiger partial charge in [-0.3, -0.25) is 4.79 Å². The van der Waals surface area contributed by atoms with Gasteiger partial charge < -0.3 is 5.32 Å². The smallest absolute Gasteiger partial charge is 0.235 e. The van der Waals surface area contributed by atoms with Gasteiger partial charge in [0.1, 0.15) is 5.82 Å². The molecule has 0 unspecified atom stereocenters. The number of carbonyl (C=O) groups is 1. The van der Waals surface area contributed by atoms with Gasteiger partial charge in [0.2, 0.25) is 15.9 Å². The first kappa shape index (κ1) is 16.6. The van der Waals surface area contributed by atoms with Crippen LogP contribution in [-0.4, -0.2) is 14.3 Å². The van der Waals surface area contributed by atoms with Gasteiger partial charge in [-0.25, -0.2) is 17.9 Å². The lowest BCUT2D eigenvalue weighted by Gasteiger charge is -2.16. The lowest BCUT2D eigenvalue weighted by molar-refractivity contribution is -0.118. The molecule has 1 saturated carbocycles. The van der Waals surface area contributed by atoms with Gasteiger partial charge in [0, 0.05) is 5.69 Å². The van der Waals surface area contributed by atoms with Crippen molar-refractivity contribution >= 4 is 21.6 Å². The summed E-state index contributed by atoms with van der Waals surface area (Å²) in [6.45, 7) is 0. The molecule has 2 aromatic rings. The number of rotatable bonds is 5. The number of primary sulfonamides is 1. The zero-order valence-electron chi connectivity index (χ0n) is 12.8. The van der Waals surface area contributed by atoms with Crippen LogP contribution in [0.15, 0.2) is 48.5 Å². The molecule has 3 N–H and O–H groups in total. The summed E-state index contributed by atoms with van der Waals surface area (Å²) in [6, 6.07) is 12.5. The molecule has 1 aliphatic rings. The number of nitrogens with one attached hydrogen (secondary N) is 1. The second kappa shape index (κ2) is 5.99. The predicted molar refractivity (Wildman–Crippen MR) is 89.2 cm³/mol. The number of carbonyl (C=O) groups excluding carboxylic acids is 1. The fourth-order valence-electron chi connectivity index (χ4n) is 2.71. The van der Waals surface area contributed by atoms with Gasteiger partial charge in [-0.05, 0) is 48.2 Å². The van der Waals surface area contributed by atoms with Crippen molar-refractivity contribution in [3.05, 3.63) is 65.5 Å². The van der Waals surface area contributed by atoms with E-state index in [4.69, 9.17) is 5.14 Å². The first-order valence-electron chi connectivity index (χ1n) is 7.45. The maximum atomic E-state index is 13.0. The molecule has 3 rings (SSSR count). The molecule has 5 nitrogen and oxygen atoms in total. The average molecular weight is 348 g/mol. The molecule has 0 bridgehead atoms. The Hall–Kier alpha value is -2.25. The van der Waals surface area contributed by atoms with Gasteiger partial charge in [0.15, 0.2) is 0 Å². The molecule has 24 heavy (non-hydrogen) atoms. The largest absolute Gasteiger partial charge is 0.325 e. The maximum absolute atomic E-state index is 13.0. The Balaban J connectivity index is 1.72. The third-order valence-corrected chi connectivity index (χ3v) is 4.90. The van der Waals surface area contributed by atoms with Crippen LogP contribution in [0.3, 0.4) is 0 Å². The fourth-order valence-corrected chi connectivity index (χ4v) is 3.37. The standard InChI is InChI=1S/C17H17FN2O3S/c18-14-5-3-13(4-6-14)17(9-10-17)16(21)20-15-7-1-12(2-8-15)11-24(19,22)23/h1-8H,9-11H2,(H,20,21)(H2,19,22,23). The molecule has 7 heteroatoms. The van der Waals surface area contributed by atoms with Crippen LogP contribution < -0.4 is 10.5 Å². The van der Waals surface area contributed by atoms with Crippen molar-refractivity contribution in [3.8, 4) is 0 Å². The van der Waals surface area contributed by atoms with Gasteiger partial charge in [-0.15, -0.1) is 0 Å². The van der Waals surface area contributed by atoms with E-state index in [1.165, 1.54) is 12.1 Å². The minimum absolute atomic E-state index is 0.145. The number of anilines is 1. The summed E-state index contributed by atoms with van der Waals surface area (Å²) in [4.78, 5) is 12.6. The van der Waals surface area contributed by atoms with E-state index >= 15 is 0 Å². The molecule has 0 saturated heterocycles. The van der Waals surface area contributed by atoms with Crippen molar-refractivity contribution in [1.82, 2.24) is 0 Å². The monoisotopic (exact) mass is 348 g/mol. The van der Waals surface area contributed by atoms with Crippen molar-refractivity contribution in [2.75, 3.05) is 5.32 Å². The van der Waals surface area contributed by atoms with Crippen LogP contribution in [0.25, 0.3) is 0 Å². The van der Waals surface area contributed by atoms with E-state index in [1.54, 1.807) is 36.4 Å². The van der Waals surface area contributed by atoms with E-state index in [2.05, 4.69) is 5.32 Å². The number of hydrogen-bond acceptors (Lipinski definition) is 3. The molecule has 0 heterocycles. The molecule has 1 amide bonds. The van der Waals surface area contributed by atoms with Crippen LogP contribution in [0.5, 0.6) is 0 Å². The average Bonchev–Trinajstić information content (AvgIpc) is 3.30. The first-order valence-corrected chi connectivity index (χ1v) is 9.17. The lowest BCUT2D eigenvalue weighted by Crippen LogP contribution is -2.27. The summed E-state index contributed by atoms with van der Waals surface area (Å²) in [5, 5.41) is 7.84. The second-order valence-corrected chi connectivity index (χ2v) is 7.66. The molecule has 2 aromatic carbocycles. The normalized spacial score (nSPS) is 15.8. The molecule has 0 radical (unpaired) electrons. The third kappa shape index (κ3) is 3.63. The van der Waals surface area contributed by atoms with Crippen LogP contribution >= 0.6 is 0 Å². The van der Waals surface area contributed by atoms with Gasteiger partial charge in [0.25, 0.3) is 0 Å². The Morgan fingerprint density at radius 3 is 2.17 bits per heavy atom. The summed E-state index contributed by atoms with van der Waals surface area (Å²) in [5.41, 5.74) is 1.32. The molecule has 0 atom stereocenters. The SMILES string of the molecule is NS(=O)(=O)Cc1ccc(NC(=O)C2(c3ccc(F)cc3)CC2)cc1. The molecular weight excluding hydrogens is 331 g/mol. The quantitative estimate of drug-likeness (QED) is 0.869.